The number of amides is 3. The van der Waals surface area contributed by atoms with E-state index in [0.717, 1.165) is 5.69 Å². The zero-order chi connectivity index (χ0) is 24.9. The zero-order valence-corrected chi connectivity index (χ0v) is 19.9. The molecular formula is C26H23ClN4O4. The molecule has 4 rings (SSSR count). The predicted octanol–water partition coefficient (Wildman–Crippen LogP) is 3.88. The maximum absolute atomic E-state index is 13.0. The molecular weight excluding hydrogens is 468 g/mol. The minimum atomic E-state index is -0.526. The molecule has 9 heteroatoms. The third-order valence-corrected chi connectivity index (χ3v) is 5.46. The van der Waals surface area contributed by atoms with E-state index in [4.69, 9.17) is 16.3 Å². The summed E-state index contributed by atoms with van der Waals surface area (Å²) in [5, 5.41) is 4.49. The van der Waals surface area contributed by atoms with Crippen molar-refractivity contribution >= 4 is 52.5 Å². The number of carbonyl (C=O) groups excluding carboxylic acids is 3. The van der Waals surface area contributed by atoms with Gasteiger partial charge in [-0.05, 0) is 54.6 Å². The first kappa shape index (κ1) is 23.8. The van der Waals surface area contributed by atoms with Crippen LogP contribution in [0.2, 0.25) is 5.02 Å². The van der Waals surface area contributed by atoms with Crippen molar-refractivity contribution in [1.29, 1.82) is 0 Å². The van der Waals surface area contributed by atoms with Crippen LogP contribution in [0.1, 0.15) is 5.56 Å². The minimum absolute atomic E-state index is 0.0399. The Hall–Kier alpha value is -4.30. The molecule has 0 aliphatic carbocycles. The average Bonchev–Trinajstić information content (AvgIpc) is 3.13. The first-order valence-corrected chi connectivity index (χ1v) is 11.1. The van der Waals surface area contributed by atoms with Gasteiger partial charge in [0.05, 0.1) is 5.69 Å². The van der Waals surface area contributed by atoms with E-state index in [1.54, 1.807) is 60.7 Å². The van der Waals surface area contributed by atoms with Crippen LogP contribution in [0.3, 0.4) is 0 Å². The first-order valence-electron chi connectivity index (χ1n) is 10.7. The van der Waals surface area contributed by atoms with Crippen molar-refractivity contribution in [3.63, 3.8) is 0 Å². The van der Waals surface area contributed by atoms with E-state index in [9.17, 15) is 14.4 Å². The van der Waals surface area contributed by atoms with Crippen LogP contribution in [0, 0.1) is 0 Å². The zero-order valence-electron chi connectivity index (χ0n) is 19.1. The minimum Gasteiger partial charge on any atom is -0.483 e. The molecule has 8 nitrogen and oxygen atoms in total. The first-order chi connectivity index (χ1) is 16.8. The van der Waals surface area contributed by atoms with E-state index in [2.05, 4.69) is 10.7 Å². The highest BCUT2D eigenvalue weighted by Crippen LogP contribution is 2.29. The fourth-order valence-electron chi connectivity index (χ4n) is 3.39. The molecule has 1 aliphatic heterocycles. The van der Waals surface area contributed by atoms with Gasteiger partial charge in [-0.3, -0.25) is 19.8 Å². The summed E-state index contributed by atoms with van der Waals surface area (Å²) in [5.41, 5.74) is 4.98. The molecule has 2 N–H and O–H groups in total. The Morgan fingerprint density at radius 2 is 1.77 bits per heavy atom. The number of hydrogen-bond acceptors (Lipinski definition) is 5. The molecule has 0 bridgehead atoms. The molecule has 0 spiro atoms. The van der Waals surface area contributed by atoms with Crippen molar-refractivity contribution in [3.8, 4) is 5.75 Å². The maximum atomic E-state index is 13.0. The lowest BCUT2D eigenvalue weighted by Gasteiger charge is -2.16. The van der Waals surface area contributed by atoms with Gasteiger partial charge in [-0.1, -0.05) is 29.8 Å². The van der Waals surface area contributed by atoms with Gasteiger partial charge in [0.25, 0.3) is 17.7 Å². The van der Waals surface area contributed by atoms with Gasteiger partial charge in [0.15, 0.2) is 6.61 Å². The standard InChI is InChI=1S/C26H23ClN4O4/c1-30(2)21-13-8-17(14-22-25(33)29-31(26(22)34)20-6-4-3-5-7-20)23(15-21)35-16-24(32)28-19-11-9-18(27)10-12-19/h3-15H,16H2,1-2H3,(H,28,32)(H,29,33). The highest BCUT2D eigenvalue weighted by Gasteiger charge is 2.34. The van der Waals surface area contributed by atoms with Gasteiger partial charge in [-0.2, -0.15) is 0 Å². The molecule has 1 fully saturated rings. The van der Waals surface area contributed by atoms with Crippen molar-refractivity contribution in [2.24, 2.45) is 0 Å². The van der Waals surface area contributed by atoms with Crippen LogP contribution in [-0.4, -0.2) is 38.4 Å². The summed E-state index contributed by atoms with van der Waals surface area (Å²) in [6.07, 6.45) is 1.46. The van der Waals surface area contributed by atoms with Gasteiger partial charge in [-0.15, -0.1) is 0 Å². The number of hydrazine groups is 1. The molecule has 0 aromatic heterocycles. The second-order valence-corrected chi connectivity index (χ2v) is 8.37. The molecule has 0 atom stereocenters. The van der Waals surface area contributed by atoms with Crippen LogP contribution < -0.4 is 25.4 Å². The Morgan fingerprint density at radius 1 is 1.06 bits per heavy atom. The summed E-state index contributed by atoms with van der Waals surface area (Å²) in [7, 11) is 3.74. The lowest BCUT2D eigenvalue weighted by atomic mass is 10.1. The molecule has 1 heterocycles. The van der Waals surface area contributed by atoms with Crippen LogP contribution in [0.5, 0.6) is 5.75 Å². The van der Waals surface area contributed by atoms with Crippen LogP contribution >= 0.6 is 11.6 Å². The Balaban J connectivity index is 1.56. The Kier molecular flexibility index (Phi) is 7.03. The van der Waals surface area contributed by atoms with Crippen molar-refractivity contribution in [2.45, 2.75) is 0 Å². The summed E-state index contributed by atoms with van der Waals surface area (Å²) >= 11 is 5.88. The van der Waals surface area contributed by atoms with Gasteiger partial charge in [0, 0.05) is 42.1 Å². The number of rotatable bonds is 7. The molecule has 3 amide bonds. The number of para-hydroxylation sites is 1. The second kappa shape index (κ2) is 10.3. The monoisotopic (exact) mass is 490 g/mol. The summed E-state index contributed by atoms with van der Waals surface area (Å²) in [6.45, 7) is -0.272. The van der Waals surface area contributed by atoms with Crippen molar-refractivity contribution in [1.82, 2.24) is 5.43 Å². The topological polar surface area (TPSA) is 91.0 Å². The third-order valence-electron chi connectivity index (χ3n) is 5.21. The number of ether oxygens (including phenoxy) is 1. The average molecular weight is 491 g/mol. The van der Waals surface area contributed by atoms with E-state index in [1.165, 1.54) is 11.1 Å². The van der Waals surface area contributed by atoms with Gasteiger partial charge in [-0.25, -0.2) is 5.01 Å². The van der Waals surface area contributed by atoms with E-state index in [1.807, 2.05) is 31.1 Å². The van der Waals surface area contributed by atoms with E-state index < -0.39 is 11.8 Å². The number of nitrogens with zero attached hydrogens (tertiary/aromatic N) is 2. The molecule has 0 unspecified atom stereocenters. The van der Waals surface area contributed by atoms with E-state index >= 15 is 0 Å². The van der Waals surface area contributed by atoms with Crippen LogP contribution in [0.15, 0.2) is 78.4 Å². The normalized spacial score (nSPS) is 14.1. The number of hydrogen-bond donors (Lipinski definition) is 2. The lowest BCUT2D eigenvalue weighted by molar-refractivity contribution is -0.118. The number of nitrogens with one attached hydrogen (secondary N) is 2. The van der Waals surface area contributed by atoms with Gasteiger partial charge < -0.3 is 15.0 Å². The van der Waals surface area contributed by atoms with Crippen LogP contribution in [-0.2, 0) is 14.4 Å². The molecule has 3 aromatic carbocycles. The fourth-order valence-corrected chi connectivity index (χ4v) is 3.52. The Bertz CT molecular complexity index is 1290. The fraction of sp³-hybridized carbons (Fsp3) is 0.115. The SMILES string of the molecule is CN(C)c1ccc(C=C2C(=O)NN(c3ccccc3)C2=O)c(OCC(=O)Nc2ccc(Cl)cc2)c1. The Labute approximate surface area is 207 Å². The largest absolute Gasteiger partial charge is 0.483 e. The van der Waals surface area contributed by atoms with Gasteiger partial charge >= 0.3 is 0 Å². The Morgan fingerprint density at radius 3 is 2.46 bits per heavy atom. The summed E-state index contributed by atoms with van der Waals surface area (Å²) in [4.78, 5) is 39.8. The molecule has 1 saturated heterocycles. The molecule has 1 aliphatic rings. The number of anilines is 3. The summed E-state index contributed by atoms with van der Waals surface area (Å²) in [6, 6.07) is 20.8. The summed E-state index contributed by atoms with van der Waals surface area (Å²) in [5.74, 6) is -1.02. The van der Waals surface area contributed by atoms with Crippen LogP contribution in [0.25, 0.3) is 6.08 Å². The smallest absolute Gasteiger partial charge is 0.282 e. The van der Waals surface area contributed by atoms with Gasteiger partial charge in [0.1, 0.15) is 11.3 Å². The number of halogens is 1. The summed E-state index contributed by atoms with van der Waals surface area (Å²) < 4.78 is 5.81. The van der Waals surface area contributed by atoms with Crippen LogP contribution in [0.4, 0.5) is 17.1 Å². The van der Waals surface area contributed by atoms with Crippen molar-refractivity contribution in [3.05, 3.63) is 89.0 Å². The predicted molar refractivity (Wildman–Crippen MR) is 136 cm³/mol. The molecule has 178 valence electrons. The molecule has 0 radical (unpaired) electrons. The van der Waals surface area contributed by atoms with E-state index in [-0.39, 0.29) is 18.1 Å². The third kappa shape index (κ3) is 5.62. The quantitative estimate of drug-likeness (QED) is 0.387. The number of carbonyl (C=O) groups is 3. The maximum Gasteiger partial charge on any atom is 0.282 e. The molecule has 0 saturated carbocycles. The van der Waals surface area contributed by atoms with E-state index in [0.29, 0.717) is 27.7 Å². The van der Waals surface area contributed by atoms with Gasteiger partial charge in [0.2, 0.25) is 0 Å². The van der Waals surface area contributed by atoms with Crippen molar-refractivity contribution in [2.75, 3.05) is 35.9 Å². The molecule has 3 aromatic rings. The number of benzene rings is 3. The highest BCUT2D eigenvalue weighted by atomic mass is 35.5. The highest BCUT2D eigenvalue weighted by molar-refractivity contribution is 6.31. The van der Waals surface area contributed by atoms with Crippen molar-refractivity contribution < 1.29 is 19.1 Å². The second-order valence-electron chi connectivity index (χ2n) is 7.94. The lowest BCUT2D eigenvalue weighted by Crippen LogP contribution is -2.35. The molecule has 35 heavy (non-hydrogen) atoms.